The molecule has 3 rings (SSSR count). The lowest BCUT2D eigenvalue weighted by molar-refractivity contribution is 0.178. The molecule has 0 bridgehead atoms. The highest BCUT2D eigenvalue weighted by molar-refractivity contribution is 9.10. The fraction of sp³-hybridized carbons (Fsp3) is 0.586. The average molecular weight is 548 g/mol. The molecule has 0 radical (unpaired) electrons. The molecule has 0 spiro atoms. The summed E-state index contributed by atoms with van der Waals surface area (Å²) in [7, 11) is 0. The minimum atomic E-state index is 0.114. The second-order valence-corrected chi connectivity index (χ2v) is 11.3. The molecule has 0 aromatic heterocycles. The van der Waals surface area contributed by atoms with Crippen molar-refractivity contribution in [2.24, 2.45) is 11.8 Å². The van der Waals surface area contributed by atoms with Gasteiger partial charge in [0.15, 0.2) is 0 Å². The Labute approximate surface area is 207 Å². The van der Waals surface area contributed by atoms with Gasteiger partial charge in [0.1, 0.15) is 0 Å². The third kappa shape index (κ3) is 4.86. The molecule has 0 unspecified atom stereocenters. The van der Waals surface area contributed by atoms with Gasteiger partial charge < -0.3 is 0 Å². The molecule has 0 amide bonds. The maximum absolute atomic E-state index is 3.84. The first-order valence-corrected chi connectivity index (χ1v) is 14.2. The van der Waals surface area contributed by atoms with E-state index in [9.17, 15) is 0 Å². The Morgan fingerprint density at radius 2 is 1.06 bits per heavy atom. The summed E-state index contributed by atoms with van der Waals surface area (Å²) >= 11 is 7.67. The summed E-state index contributed by atoms with van der Waals surface area (Å²) < 4.78 is 2.43. The minimum Gasteiger partial charge on any atom is -0.0654 e. The predicted octanol–water partition coefficient (Wildman–Crippen LogP) is 10.7. The monoisotopic (exact) mass is 546 g/mol. The first-order chi connectivity index (χ1) is 15.0. The van der Waals surface area contributed by atoms with Gasteiger partial charge in [-0.25, -0.2) is 0 Å². The summed E-state index contributed by atoms with van der Waals surface area (Å²) in [5.74, 6) is 1.35. The lowest BCUT2D eigenvalue weighted by Gasteiger charge is -2.46. The third-order valence-electron chi connectivity index (χ3n) is 7.73. The highest BCUT2D eigenvalue weighted by atomic mass is 79.9. The zero-order valence-corrected chi connectivity index (χ0v) is 23.1. The van der Waals surface area contributed by atoms with Crippen LogP contribution >= 0.6 is 31.9 Å². The molecule has 2 aromatic rings. The van der Waals surface area contributed by atoms with E-state index in [2.05, 4.69) is 96.0 Å². The summed E-state index contributed by atoms with van der Waals surface area (Å²) in [6.07, 6.45) is 13.1. The molecule has 0 N–H and O–H groups in total. The molecule has 170 valence electrons. The first-order valence-electron chi connectivity index (χ1n) is 12.6. The van der Waals surface area contributed by atoms with Crippen LogP contribution < -0.4 is 0 Å². The topological polar surface area (TPSA) is 0 Å². The van der Waals surface area contributed by atoms with E-state index >= 15 is 0 Å². The van der Waals surface area contributed by atoms with E-state index in [-0.39, 0.29) is 5.41 Å². The normalized spacial score (nSPS) is 16.1. The Balaban J connectivity index is 2.25. The predicted molar refractivity (Wildman–Crippen MR) is 144 cm³/mol. The molecule has 0 nitrogen and oxygen atoms in total. The summed E-state index contributed by atoms with van der Waals surface area (Å²) in [4.78, 5) is 0. The van der Waals surface area contributed by atoms with Gasteiger partial charge in [-0.05, 0) is 71.2 Å². The van der Waals surface area contributed by atoms with Crippen molar-refractivity contribution in [1.82, 2.24) is 0 Å². The van der Waals surface area contributed by atoms with E-state index in [0.717, 1.165) is 0 Å². The number of hydrogen-bond donors (Lipinski definition) is 0. The van der Waals surface area contributed by atoms with Crippen molar-refractivity contribution in [2.45, 2.75) is 97.3 Å². The van der Waals surface area contributed by atoms with E-state index in [0.29, 0.717) is 11.8 Å². The molecule has 0 saturated heterocycles. The van der Waals surface area contributed by atoms with Crippen LogP contribution in [0.25, 0.3) is 11.1 Å². The Morgan fingerprint density at radius 1 is 0.645 bits per heavy atom. The largest absolute Gasteiger partial charge is 0.0654 e. The highest BCUT2D eigenvalue weighted by Gasteiger charge is 2.51. The van der Waals surface area contributed by atoms with E-state index in [1.807, 2.05) is 0 Å². The lowest BCUT2D eigenvalue weighted by Crippen LogP contribution is -2.42. The summed E-state index contributed by atoms with van der Waals surface area (Å²) in [6, 6.07) is 14.1. The van der Waals surface area contributed by atoms with Crippen LogP contribution in [0.15, 0.2) is 45.3 Å². The standard InChI is InChI=1S/C29H40Br2/c1-5-9-11-13-21(7-3)29(22(8-4)14-12-10-6-2)27-19-23(30)15-17-25(27)26-18-16-24(31)20-28(26)29/h15-22H,5-14H2,1-4H3/t21-,22-/m1/s1. The zero-order chi connectivity index (χ0) is 22.4. The fourth-order valence-corrected chi connectivity index (χ4v) is 7.06. The van der Waals surface area contributed by atoms with Crippen LogP contribution in [0, 0.1) is 11.8 Å². The van der Waals surface area contributed by atoms with Crippen LogP contribution in [0.3, 0.4) is 0 Å². The van der Waals surface area contributed by atoms with Crippen LogP contribution in [0.2, 0.25) is 0 Å². The SMILES string of the molecule is CCCCC[C@@H](CC)C1([C@H](CC)CCCCC)c2cc(Br)ccc2-c2ccc(Br)cc21. The molecule has 1 aliphatic carbocycles. The van der Waals surface area contributed by atoms with Crippen molar-refractivity contribution in [2.75, 3.05) is 0 Å². The van der Waals surface area contributed by atoms with Gasteiger partial charge in [0, 0.05) is 14.4 Å². The molecule has 0 fully saturated rings. The summed E-state index contributed by atoms with van der Waals surface area (Å²) in [5, 5.41) is 0. The van der Waals surface area contributed by atoms with Gasteiger partial charge in [0.2, 0.25) is 0 Å². The summed E-state index contributed by atoms with van der Waals surface area (Å²) in [5.41, 5.74) is 6.22. The smallest absolute Gasteiger partial charge is 0.0272 e. The second-order valence-electron chi connectivity index (χ2n) is 9.45. The number of unbranched alkanes of at least 4 members (excludes halogenated alkanes) is 4. The van der Waals surface area contributed by atoms with Gasteiger partial charge in [-0.1, -0.05) is 123 Å². The lowest BCUT2D eigenvalue weighted by atomic mass is 9.57. The van der Waals surface area contributed by atoms with E-state index in [1.165, 1.54) is 84.3 Å². The van der Waals surface area contributed by atoms with Crippen molar-refractivity contribution in [3.8, 4) is 11.1 Å². The Morgan fingerprint density at radius 3 is 1.42 bits per heavy atom. The van der Waals surface area contributed by atoms with E-state index < -0.39 is 0 Å². The number of rotatable bonds is 12. The molecule has 1 aliphatic rings. The molecular formula is C29H40Br2. The first kappa shape index (κ1) is 25.0. The summed E-state index contributed by atoms with van der Waals surface area (Å²) in [6.45, 7) is 9.52. The number of hydrogen-bond acceptors (Lipinski definition) is 0. The quantitative estimate of drug-likeness (QED) is 0.232. The van der Waals surface area contributed by atoms with Crippen LogP contribution in [0.1, 0.15) is 103 Å². The van der Waals surface area contributed by atoms with Gasteiger partial charge in [0.05, 0.1) is 0 Å². The molecule has 0 heterocycles. The van der Waals surface area contributed by atoms with Gasteiger partial charge in [-0.15, -0.1) is 0 Å². The molecule has 31 heavy (non-hydrogen) atoms. The van der Waals surface area contributed by atoms with Crippen molar-refractivity contribution < 1.29 is 0 Å². The highest BCUT2D eigenvalue weighted by Crippen LogP contribution is 2.60. The van der Waals surface area contributed by atoms with E-state index in [4.69, 9.17) is 0 Å². The van der Waals surface area contributed by atoms with Crippen LogP contribution in [-0.2, 0) is 5.41 Å². The van der Waals surface area contributed by atoms with Crippen LogP contribution in [0.5, 0.6) is 0 Å². The maximum atomic E-state index is 3.84. The number of fused-ring (bicyclic) bond motifs is 3. The molecule has 2 aromatic carbocycles. The van der Waals surface area contributed by atoms with Crippen LogP contribution in [0.4, 0.5) is 0 Å². The Kier molecular flexibility index (Phi) is 9.29. The van der Waals surface area contributed by atoms with Crippen molar-refractivity contribution in [3.05, 3.63) is 56.5 Å². The number of halogens is 2. The zero-order valence-electron chi connectivity index (χ0n) is 19.9. The average Bonchev–Trinajstić information content (AvgIpc) is 3.04. The number of benzene rings is 2. The van der Waals surface area contributed by atoms with Gasteiger partial charge in [-0.3, -0.25) is 0 Å². The van der Waals surface area contributed by atoms with Crippen molar-refractivity contribution in [3.63, 3.8) is 0 Å². The van der Waals surface area contributed by atoms with Gasteiger partial charge in [-0.2, -0.15) is 0 Å². The van der Waals surface area contributed by atoms with Gasteiger partial charge >= 0.3 is 0 Å². The molecule has 2 heteroatoms. The molecule has 0 saturated carbocycles. The second kappa shape index (κ2) is 11.5. The van der Waals surface area contributed by atoms with Crippen molar-refractivity contribution in [1.29, 1.82) is 0 Å². The fourth-order valence-electron chi connectivity index (χ4n) is 6.33. The van der Waals surface area contributed by atoms with Crippen molar-refractivity contribution >= 4 is 31.9 Å². The van der Waals surface area contributed by atoms with Gasteiger partial charge in [0.25, 0.3) is 0 Å². The third-order valence-corrected chi connectivity index (χ3v) is 8.72. The van der Waals surface area contributed by atoms with E-state index in [1.54, 1.807) is 11.1 Å². The minimum absolute atomic E-state index is 0.114. The molecule has 2 atom stereocenters. The molecular weight excluding hydrogens is 508 g/mol. The maximum Gasteiger partial charge on any atom is 0.0272 e. The Bertz CT molecular complexity index is 782. The molecule has 0 aliphatic heterocycles. The Hall–Kier alpha value is -0.600. The van der Waals surface area contributed by atoms with Crippen LogP contribution in [-0.4, -0.2) is 0 Å².